The number of rotatable bonds is 5. The fourth-order valence-corrected chi connectivity index (χ4v) is 4.89. The van der Waals surface area contributed by atoms with Gasteiger partial charge in [-0.3, -0.25) is 9.35 Å². The van der Waals surface area contributed by atoms with E-state index in [1.807, 2.05) is 27.7 Å². The lowest BCUT2D eigenvalue weighted by Crippen LogP contribution is -2.51. The van der Waals surface area contributed by atoms with Crippen LogP contribution in [0.1, 0.15) is 58.9 Å². The number of ether oxygens (including phenoxy) is 1. The molecular formula is C23H35NO5S. The summed E-state index contributed by atoms with van der Waals surface area (Å²) in [5.74, 6) is 1.12. The summed E-state index contributed by atoms with van der Waals surface area (Å²) in [7, 11) is -4.02. The van der Waals surface area contributed by atoms with Crippen molar-refractivity contribution in [2.24, 2.45) is 23.0 Å². The molecule has 0 heterocycles. The standard InChI is InChI=1S/C16H27NO2.C7H8O3S/c1-5-11-6-12-8-16(10-17,13(12)7-11)9-14(18)19-15(2,3)4;1-6-2-4-7(5-3-6)11(8,9)10/h7,12-13H,5-6,8-10,17H2,1-4H3;2-5H,1H3,(H,8,9,10)/t12-,13-,16-;/m1./s1. The van der Waals surface area contributed by atoms with Crippen molar-refractivity contribution in [3.63, 3.8) is 0 Å². The SMILES string of the molecule is CCC1=C[C@@H]2[C@H](C1)C[C@]2(CN)CC(=O)OC(C)(C)C.Cc1ccc(S(=O)(=O)O)cc1. The predicted octanol–water partition coefficient (Wildman–Crippen LogP) is 4.28. The Morgan fingerprint density at radius 3 is 2.33 bits per heavy atom. The first-order valence-corrected chi connectivity index (χ1v) is 11.9. The van der Waals surface area contributed by atoms with E-state index >= 15 is 0 Å². The van der Waals surface area contributed by atoms with Crippen LogP contribution in [-0.4, -0.2) is 31.1 Å². The van der Waals surface area contributed by atoms with Crippen molar-refractivity contribution in [2.75, 3.05) is 6.54 Å². The van der Waals surface area contributed by atoms with Crippen molar-refractivity contribution in [2.45, 2.75) is 70.8 Å². The van der Waals surface area contributed by atoms with Crippen LogP contribution in [0, 0.1) is 24.2 Å². The zero-order valence-electron chi connectivity index (χ0n) is 18.6. The number of esters is 1. The van der Waals surface area contributed by atoms with Crippen LogP contribution < -0.4 is 5.73 Å². The Labute approximate surface area is 180 Å². The Morgan fingerprint density at radius 1 is 1.27 bits per heavy atom. The fraction of sp³-hybridized carbons (Fsp3) is 0.609. The first kappa shape index (κ1) is 24.6. The molecule has 2 aliphatic carbocycles. The Morgan fingerprint density at radius 2 is 1.87 bits per heavy atom. The fourth-order valence-electron chi connectivity index (χ4n) is 4.41. The van der Waals surface area contributed by atoms with Crippen LogP contribution >= 0.6 is 0 Å². The van der Waals surface area contributed by atoms with Crippen molar-refractivity contribution in [3.05, 3.63) is 41.5 Å². The van der Waals surface area contributed by atoms with Crippen LogP contribution in [0.15, 0.2) is 40.8 Å². The van der Waals surface area contributed by atoms with Gasteiger partial charge in [0.1, 0.15) is 5.60 Å². The molecule has 0 bridgehead atoms. The quantitative estimate of drug-likeness (QED) is 0.404. The number of fused-ring (bicyclic) bond motifs is 1. The molecule has 3 atom stereocenters. The summed E-state index contributed by atoms with van der Waals surface area (Å²) < 4.78 is 35.0. The van der Waals surface area contributed by atoms with Crippen molar-refractivity contribution >= 4 is 16.1 Å². The van der Waals surface area contributed by atoms with E-state index in [0.29, 0.717) is 18.9 Å². The molecule has 0 spiro atoms. The molecule has 1 aromatic rings. The van der Waals surface area contributed by atoms with Crippen molar-refractivity contribution in [3.8, 4) is 0 Å². The Bertz CT molecular complexity index is 883. The zero-order valence-corrected chi connectivity index (χ0v) is 19.5. The summed E-state index contributed by atoms with van der Waals surface area (Å²) in [5, 5.41) is 0. The van der Waals surface area contributed by atoms with Gasteiger partial charge in [-0.25, -0.2) is 0 Å². The van der Waals surface area contributed by atoms with E-state index in [1.165, 1.54) is 24.1 Å². The average molecular weight is 438 g/mol. The molecule has 3 N–H and O–H groups in total. The molecule has 1 saturated carbocycles. The molecule has 1 fully saturated rings. The van der Waals surface area contributed by atoms with Crippen LogP contribution in [0.25, 0.3) is 0 Å². The summed E-state index contributed by atoms with van der Waals surface area (Å²) in [6, 6.07) is 5.99. The second-order valence-electron chi connectivity index (χ2n) is 9.49. The van der Waals surface area contributed by atoms with Crippen LogP contribution in [0.3, 0.4) is 0 Å². The van der Waals surface area contributed by atoms with Gasteiger partial charge in [-0.2, -0.15) is 8.42 Å². The highest BCUT2D eigenvalue weighted by atomic mass is 32.2. The Hall–Kier alpha value is -1.70. The maximum absolute atomic E-state index is 12.1. The number of hydrogen-bond donors (Lipinski definition) is 2. The van der Waals surface area contributed by atoms with Gasteiger partial charge < -0.3 is 10.5 Å². The van der Waals surface area contributed by atoms with Crippen LogP contribution in [0.5, 0.6) is 0 Å². The maximum atomic E-state index is 12.1. The molecule has 2 aliphatic rings. The van der Waals surface area contributed by atoms with E-state index in [0.717, 1.165) is 24.3 Å². The summed E-state index contributed by atoms with van der Waals surface area (Å²) in [6.45, 7) is 10.4. The molecule has 0 aromatic heterocycles. The second kappa shape index (κ2) is 9.20. The van der Waals surface area contributed by atoms with Crippen LogP contribution in [0.4, 0.5) is 0 Å². The van der Waals surface area contributed by atoms with Gasteiger partial charge in [0.15, 0.2) is 0 Å². The number of aryl methyl sites for hydroxylation is 1. The number of carbonyl (C=O) groups is 1. The molecule has 168 valence electrons. The van der Waals surface area contributed by atoms with Gasteiger partial charge in [0.2, 0.25) is 0 Å². The monoisotopic (exact) mass is 437 g/mol. The third-order valence-electron chi connectivity index (χ3n) is 5.92. The minimum absolute atomic E-state index is 0.0378. The molecule has 6 nitrogen and oxygen atoms in total. The van der Waals surface area contributed by atoms with Crippen LogP contribution in [0.2, 0.25) is 0 Å². The molecule has 0 amide bonds. The number of nitrogens with two attached hydrogens (primary N) is 1. The number of carbonyl (C=O) groups excluding carboxylic acids is 1. The van der Waals surface area contributed by atoms with Crippen molar-refractivity contribution < 1.29 is 22.5 Å². The van der Waals surface area contributed by atoms with E-state index in [2.05, 4.69) is 13.0 Å². The van der Waals surface area contributed by atoms with E-state index in [-0.39, 0.29) is 16.3 Å². The Kier molecular flexibility index (Phi) is 7.54. The highest BCUT2D eigenvalue weighted by molar-refractivity contribution is 7.85. The molecular weight excluding hydrogens is 402 g/mol. The van der Waals surface area contributed by atoms with E-state index in [9.17, 15) is 13.2 Å². The number of hydrogen-bond acceptors (Lipinski definition) is 5. The van der Waals surface area contributed by atoms with Gasteiger partial charge in [0, 0.05) is 0 Å². The summed E-state index contributed by atoms with van der Waals surface area (Å²) >= 11 is 0. The zero-order chi connectivity index (χ0) is 22.7. The third kappa shape index (κ3) is 6.15. The van der Waals surface area contributed by atoms with Crippen molar-refractivity contribution in [1.82, 2.24) is 0 Å². The lowest BCUT2D eigenvalue weighted by molar-refractivity contribution is -0.162. The van der Waals surface area contributed by atoms with E-state index in [1.54, 1.807) is 12.1 Å². The molecule has 1 aromatic carbocycles. The largest absolute Gasteiger partial charge is 0.460 e. The molecule has 0 saturated heterocycles. The predicted molar refractivity (Wildman–Crippen MR) is 118 cm³/mol. The number of allylic oxidation sites excluding steroid dienone is 2. The first-order valence-electron chi connectivity index (χ1n) is 10.5. The van der Waals surface area contributed by atoms with Crippen molar-refractivity contribution in [1.29, 1.82) is 0 Å². The first-order chi connectivity index (χ1) is 13.8. The lowest BCUT2D eigenvalue weighted by Gasteiger charge is -2.51. The molecule has 0 aliphatic heterocycles. The molecule has 3 rings (SSSR count). The Balaban J connectivity index is 0.000000248. The normalized spacial score (nSPS) is 25.4. The number of benzene rings is 1. The van der Waals surface area contributed by atoms with Gasteiger partial charge in [0.25, 0.3) is 10.1 Å². The maximum Gasteiger partial charge on any atom is 0.306 e. The minimum atomic E-state index is -4.02. The molecule has 7 heteroatoms. The van der Waals surface area contributed by atoms with E-state index < -0.39 is 15.7 Å². The lowest BCUT2D eigenvalue weighted by atomic mass is 9.53. The van der Waals surface area contributed by atoms with E-state index in [4.69, 9.17) is 15.0 Å². The van der Waals surface area contributed by atoms with Gasteiger partial charge in [-0.05, 0) is 82.9 Å². The molecule has 0 radical (unpaired) electrons. The highest BCUT2D eigenvalue weighted by Crippen LogP contribution is 2.59. The van der Waals surface area contributed by atoms with Gasteiger partial charge in [-0.1, -0.05) is 36.3 Å². The second-order valence-corrected chi connectivity index (χ2v) is 10.9. The smallest absolute Gasteiger partial charge is 0.306 e. The topological polar surface area (TPSA) is 107 Å². The summed E-state index contributed by atoms with van der Waals surface area (Å²) in [5.41, 5.74) is 8.03. The minimum Gasteiger partial charge on any atom is -0.460 e. The van der Waals surface area contributed by atoms with Gasteiger partial charge in [-0.15, -0.1) is 0 Å². The molecule has 0 unspecified atom stereocenters. The molecule has 30 heavy (non-hydrogen) atoms. The summed E-state index contributed by atoms with van der Waals surface area (Å²) in [6.07, 6.45) is 6.26. The summed E-state index contributed by atoms with van der Waals surface area (Å²) in [4.78, 5) is 12.0. The average Bonchev–Trinajstić information content (AvgIpc) is 2.96. The van der Waals surface area contributed by atoms with Gasteiger partial charge >= 0.3 is 5.97 Å². The van der Waals surface area contributed by atoms with Gasteiger partial charge in [0.05, 0.1) is 11.3 Å². The third-order valence-corrected chi connectivity index (χ3v) is 6.79. The van der Waals surface area contributed by atoms with Crippen LogP contribution in [-0.2, 0) is 19.6 Å². The highest BCUT2D eigenvalue weighted by Gasteiger charge is 2.55.